The Balaban J connectivity index is 1.65. The number of hydrogen-bond acceptors (Lipinski definition) is 3. The topological polar surface area (TPSA) is 36.4 Å². The number of nitrogens with zero attached hydrogens (tertiary/aromatic N) is 3. The highest BCUT2D eigenvalue weighted by Crippen LogP contribution is 2.51. The number of hydrogen-bond donors (Lipinski definition) is 0. The van der Waals surface area contributed by atoms with Gasteiger partial charge in [-0.3, -0.25) is 14.8 Å². The van der Waals surface area contributed by atoms with Crippen LogP contribution in [0.25, 0.3) is 0 Å². The zero-order valence-corrected chi connectivity index (χ0v) is 12.6. The largest absolute Gasteiger partial charge is 0.272 e. The molecule has 1 aromatic heterocycles. The Labute approximate surface area is 132 Å². The Kier molecular flexibility index (Phi) is 3.37. The molecule has 0 spiro atoms. The van der Waals surface area contributed by atoms with E-state index >= 15 is 0 Å². The summed E-state index contributed by atoms with van der Waals surface area (Å²) < 4.78 is 41.0. The van der Waals surface area contributed by atoms with E-state index in [1.807, 2.05) is 0 Å². The molecule has 3 aliphatic rings. The molecule has 1 aliphatic carbocycles. The number of aromatic nitrogens is 1. The highest BCUT2D eigenvalue weighted by Gasteiger charge is 2.61. The van der Waals surface area contributed by atoms with Crippen molar-refractivity contribution in [3.63, 3.8) is 0 Å². The van der Waals surface area contributed by atoms with Crippen molar-refractivity contribution in [2.24, 2.45) is 11.3 Å². The van der Waals surface area contributed by atoms with Gasteiger partial charge >= 0.3 is 0 Å². The van der Waals surface area contributed by atoms with Crippen LogP contribution in [-0.2, 0) is 4.79 Å². The number of hydrazine groups is 1. The molecule has 4 rings (SSSR count). The van der Waals surface area contributed by atoms with E-state index in [1.165, 1.54) is 17.3 Å². The van der Waals surface area contributed by atoms with Gasteiger partial charge in [-0.2, -0.15) is 0 Å². The standard InChI is InChI=1S/C16H18F3N3O/c17-12-5-11(7-20-8-12)13-3-4-21-9-16(14(18)19,6-10-1-2-10)15(23)22(13)21/h5,7-8,10,13-14H,1-4,6,9H2/t13-,16+/m0/s1. The number of carbonyl (C=O) groups is 1. The fourth-order valence-corrected chi connectivity index (χ4v) is 3.90. The van der Waals surface area contributed by atoms with E-state index in [4.69, 9.17) is 0 Å². The number of halogens is 3. The second kappa shape index (κ2) is 5.19. The molecule has 0 radical (unpaired) electrons. The maximum Gasteiger partial charge on any atom is 0.254 e. The lowest BCUT2D eigenvalue weighted by molar-refractivity contribution is -0.149. The molecule has 2 saturated heterocycles. The molecule has 0 aromatic carbocycles. The first-order chi connectivity index (χ1) is 11.0. The molecule has 23 heavy (non-hydrogen) atoms. The molecule has 1 amide bonds. The van der Waals surface area contributed by atoms with Crippen molar-refractivity contribution < 1.29 is 18.0 Å². The first-order valence-corrected chi connectivity index (χ1v) is 7.98. The Bertz CT molecular complexity index is 637. The molecule has 0 unspecified atom stereocenters. The predicted molar refractivity (Wildman–Crippen MR) is 75.8 cm³/mol. The van der Waals surface area contributed by atoms with Crippen LogP contribution in [0.3, 0.4) is 0 Å². The maximum atomic E-state index is 13.8. The zero-order valence-electron chi connectivity index (χ0n) is 12.6. The molecule has 1 aromatic rings. The minimum atomic E-state index is -2.67. The van der Waals surface area contributed by atoms with E-state index in [1.54, 1.807) is 5.01 Å². The molecule has 2 aliphatic heterocycles. The summed E-state index contributed by atoms with van der Waals surface area (Å²) in [5.74, 6) is -0.750. The lowest BCUT2D eigenvalue weighted by Gasteiger charge is -2.28. The van der Waals surface area contributed by atoms with Gasteiger partial charge in [0, 0.05) is 19.3 Å². The Morgan fingerprint density at radius 1 is 1.30 bits per heavy atom. The van der Waals surface area contributed by atoms with Gasteiger partial charge in [0.1, 0.15) is 11.2 Å². The first-order valence-electron chi connectivity index (χ1n) is 7.98. The number of pyridine rings is 1. The van der Waals surface area contributed by atoms with Crippen molar-refractivity contribution in [3.8, 4) is 0 Å². The Morgan fingerprint density at radius 2 is 2.09 bits per heavy atom. The van der Waals surface area contributed by atoms with Gasteiger partial charge in [-0.25, -0.2) is 18.2 Å². The number of rotatable bonds is 4. The summed E-state index contributed by atoms with van der Waals surface area (Å²) >= 11 is 0. The molecule has 0 bridgehead atoms. The van der Waals surface area contributed by atoms with Crippen molar-refractivity contribution in [2.75, 3.05) is 13.1 Å². The SMILES string of the molecule is O=C1N2[C@H](c3cncc(F)c3)CCN2C[C@]1(CC1CC1)C(F)F. The number of fused-ring (bicyclic) bond motifs is 1. The summed E-state index contributed by atoms with van der Waals surface area (Å²) in [7, 11) is 0. The molecule has 4 nitrogen and oxygen atoms in total. The average Bonchev–Trinajstić information content (AvgIpc) is 3.15. The van der Waals surface area contributed by atoms with E-state index in [2.05, 4.69) is 4.98 Å². The number of amides is 1. The molecule has 3 fully saturated rings. The van der Waals surface area contributed by atoms with Crippen molar-refractivity contribution >= 4 is 5.91 Å². The molecule has 2 atom stereocenters. The second-order valence-electron chi connectivity index (χ2n) is 6.88. The highest BCUT2D eigenvalue weighted by atomic mass is 19.3. The van der Waals surface area contributed by atoms with Crippen LogP contribution in [0.1, 0.15) is 37.3 Å². The van der Waals surface area contributed by atoms with Crippen molar-refractivity contribution in [2.45, 2.75) is 38.2 Å². The fraction of sp³-hybridized carbons (Fsp3) is 0.625. The van der Waals surface area contributed by atoms with Crippen LogP contribution in [0.2, 0.25) is 0 Å². The van der Waals surface area contributed by atoms with Gasteiger partial charge in [0.2, 0.25) is 0 Å². The molecular formula is C16H18F3N3O. The summed E-state index contributed by atoms with van der Waals surface area (Å²) in [6.07, 6.45) is 2.65. The molecule has 0 N–H and O–H groups in total. The van der Waals surface area contributed by atoms with Gasteiger partial charge in [0.15, 0.2) is 0 Å². The minimum Gasteiger partial charge on any atom is -0.272 e. The third-order valence-electron chi connectivity index (χ3n) is 5.24. The Morgan fingerprint density at radius 3 is 2.74 bits per heavy atom. The summed E-state index contributed by atoms with van der Waals surface area (Å²) in [6.45, 7) is 0.602. The van der Waals surface area contributed by atoms with Gasteiger partial charge in [-0.15, -0.1) is 0 Å². The third kappa shape index (κ3) is 2.33. The number of carbonyl (C=O) groups excluding carboxylic acids is 1. The van der Waals surface area contributed by atoms with E-state index in [9.17, 15) is 18.0 Å². The smallest absolute Gasteiger partial charge is 0.254 e. The van der Waals surface area contributed by atoms with Crippen LogP contribution in [-0.4, -0.2) is 40.4 Å². The lowest BCUT2D eigenvalue weighted by Crippen LogP contribution is -2.42. The van der Waals surface area contributed by atoms with Crippen molar-refractivity contribution in [1.82, 2.24) is 15.0 Å². The highest BCUT2D eigenvalue weighted by molar-refractivity contribution is 5.86. The zero-order chi connectivity index (χ0) is 16.2. The third-order valence-corrected chi connectivity index (χ3v) is 5.24. The molecule has 7 heteroatoms. The predicted octanol–water partition coefficient (Wildman–Crippen LogP) is 2.78. The number of alkyl halides is 2. The summed E-state index contributed by atoms with van der Waals surface area (Å²) in [4.78, 5) is 16.7. The minimum absolute atomic E-state index is 0.0687. The van der Waals surface area contributed by atoms with Crippen LogP contribution >= 0.6 is 0 Å². The van der Waals surface area contributed by atoms with Crippen molar-refractivity contribution in [3.05, 3.63) is 29.8 Å². The van der Waals surface area contributed by atoms with Crippen LogP contribution in [0.15, 0.2) is 18.5 Å². The van der Waals surface area contributed by atoms with Gasteiger partial charge in [-0.05, 0) is 30.4 Å². The molecule has 1 saturated carbocycles. The molecule has 124 valence electrons. The van der Waals surface area contributed by atoms with Crippen molar-refractivity contribution in [1.29, 1.82) is 0 Å². The van der Waals surface area contributed by atoms with Gasteiger partial charge in [0.25, 0.3) is 12.3 Å². The summed E-state index contributed by atoms with van der Waals surface area (Å²) in [6, 6.07) is 0.933. The van der Waals surface area contributed by atoms with Crippen LogP contribution in [0.5, 0.6) is 0 Å². The van der Waals surface area contributed by atoms with Gasteiger partial charge < -0.3 is 0 Å². The second-order valence-corrected chi connectivity index (χ2v) is 6.88. The summed E-state index contributed by atoms with van der Waals surface area (Å²) in [5.41, 5.74) is -1.03. The van der Waals surface area contributed by atoms with E-state index in [0.29, 0.717) is 18.5 Å². The van der Waals surface area contributed by atoms with Gasteiger partial charge in [0.05, 0.1) is 12.2 Å². The Hall–Kier alpha value is -1.63. The van der Waals surface area contributed by atoms with E-state index in [-0.39, 0.29) is 18.9 Å². The molecular weight excluding hydrogens is 307 g/mol. The van der Waals surface area contributed by atoms with Crippen LogP contribution in [0.4, 0.5) is 13.2 Å². The lowest BCUT2D eigenvalue weighted by atomic mass is 9.82. The fourth-order valence-electron chi connectivity index (χ4n) is 3.90. The van der Waals surface area contributed by atoms with Gasteiger partial charge in [-0.1, -0.05) is 12.8 Å². The van der Waals surface area contributed by atoms with E-state index < -0.39 is 29.6 Å². The normalized spacial score (nSPS) is 31.2. The van der Waals surface area contributed by atoms with Crippen LogP contribution in [0, 0.1) is 17.2 Å². The quantitative estimate of drug-likeness (QED) is 0.854. The first kappa shape index (κ1) is 14.9. The molecule has 3 heterocycles. The summed E-state index contributed by atoms with van der Waals surface area (Å²) in [5, 5.41) is 3.15. The van der Waals surface area contributed by atoms with E-state index in [0.717, 1.165) is 19.0 Å². The maximum absolute atomic E-state index is 13.8. The van der Waals surface area contributed by atoms with Crippen LogP contribution < -0.4 is 0 Å². The average molecular weight is 325 g/mol. The monoisotopic (exact) mass is 325 g/mol.